The molecule has 0 amide bonds. The lowest BCUT2D eigenvalue weighted by atomic mass is 10.1. The van der Waals surface area contributed by atoms with Crippen molar-refractivity contribution in [2.45, 2.75) is 21.6 Å². The minimum atomic E-state index is -3.62. The number of halogens is 2. The van der Waals surface area contributed by atoms with Crippen LogP contribution in [0.3, 0.4) is 0 Å². The number of hydrogen-bond acceptors (Lipinski definition) is 4. The SMILES string of the molecule is NC[C@@]1(N)[C@@H](c2cccc(Cl)c2)[C@@H]1S(=O)(=O)c1ccc(Cl)cc1. The second-order valence-electron chi connectivity index (χ2n) is 5.77. The maximum Gasteiger partial charge on any atom is 0.183 e. The predicted octanol–water partition coefficient (Wildman–Crippen LogP) is 2.59. The molecule has 2 aromatic rings. The molecule has 0 saturated heterocycles. The Labute approximate surface area is 145 Å². The molecule has 1 fully saturated rings. The Morgan fingerprint density at radius 1 is 1.04 bits per heavy atom. The number of rotatable bonds is 4. The smallest absolute Gasteiger partial charge is 0.183 e. The normalized spacial score (nSPS) is 27.0. The van der Waals surface area contributed by atoms with Crippen LogP contribution in [0.5, 0.6) is 0 Å². The van der Waals surface area contributed by atoms with Gasteiger partial charge in [-0.2, -0.15) is 0 Å². The van der Waals surface area contributed by atoms with Crippen LogP contribution in [0.25, 0.3) is 0 Å². The molecule has 1 saturated carbocycles. The quantitative estimate of drug-likeness (QED) is 0.865. The van der Waals surface area contributed by atoms with E-state index >= 15 is 0 Å². The zero-order valence-electron chi connectivity index (χ0n) is 12.1. The maximum absolute atomic E-state index is 12.9. The van der Waals surface area contributed by atoms with E-state index < -0.39 is 20.6 Å². The summed E-state index contributed by atoms with van der Waals surface area (Å²) in [6.07, 6.45) is 0. The molecular weight excluding hydrogens is 355 g/mol. The fourth-order valence-electron chi connectivity index (χ4n) is 3.09. The number of benzene rings is 2. The topological polar surface area (TPSA) is 86.2 Å². The van der Waals surface area contributed by atoms with Gasteiger partial charge in [-0.3, -0.25) is 0 Å². The van der Waals surface area contributed by atoms with Gasteiger partial charge in [-0.15, -0.1) is 0 Å². The van der Waals surface area contributed by atoms with Gasteiger partial charge in [-0.1, -0.05) is 35.3 Å². The molecule has 0 radical (unpaired) electrons. The fraction of sp³-hybridized carbons (Fsp3) is 0.250. The second-order valence-corrected chi connectivity index (χ2v) is 8.71. The molecule has 0 spiro atoms. The molecule has 3 rings (SSSR count). The van der Waals surface area contributed by atoms with Gasteiger partial charge in [0.1, 0.15) is 0 Å². The van der Waals surface area contributed by atoms with E-state index in [1.807, 2.05) is 6.07 Å². The first kappa shape index (κ1) is 16.7. The van der Waals surface area contributed by atoms with E-state index in [2.05, 4.69) is 0 Å². The summed E-state index contributed by atoms with van der Waals surface area (Å²) < 4.78 is 25.9. The monoisotopic (exact) mass is 370 g/mol. The average Bonchev–Trinajstić information content (AvgIpc) is 3.15. The molecular formula is C16H16Cl2N2O2S. The first-order valence-electron chi connectivity index (χ1n) is 7.04. The summed E-state index contributed by atoms with van der Waals surface area (Å²) in [7, 11) is -3.62. The molecule has 1 aliphatic carbocycles. The van der Waals surface area contributed by atoms with Crippen LogP contribution in [0.1, 0.15) is 11.5 Å². The van der Waals surface area contributed by atoms with E-state index in [4.69, 9.17) is 34.7 Å². The van der Waals surface area contributed by atoms with Crippen molar-refractivity contribution in [2.24, 2.45) is 11.5 Å². The van der Waals surface area contributed by atoms with Crippen LogP contribution in [0, 0.1) is 0 Å². The summed E-state index contributed by atoms with van der Waals surface area (Å²) in [5.74, 6) is -0.383. The number of hydrogen-bond donors (Lipinski definition) is 2. The van der Waals surface area contributed by atoms with Crippen molar-refractivity contribution in [3.63, 3.8) is 0 Å². The van der Waals surface area contributed by atoms with Gasteiger partial charge >= 0.3 is 0 Å². The minimum Gasteiger partial charge on any atom is -0.329 e. The summed E-state index contributed by atoms with van der Waals surface area (Å²) in [5, 5.41) is 0.236. The van der Waals surface area contributed by atoms with E-state index in [1.165, 1.54) is 12.1 Å². The molecule has 7 heteroatoms. The summed E-state index contributed by atoms with van der Waals surface area (Å²) in [4.78, 5) is 0.194. The second kappa shape index (κ2) is 5.76. The van der Waals surface area contributed by atoms with E-state index in [0.29, 0.717) is 10.0 Å². The lowest BCUT2D eigenvalue weighted by Gasteiger charge is -2.09. The molecule has 122 valence electrons. The molecule has 2 aromatic carbocycles. The van der Waals surface area contributed by atoms with Crippen molar-refractivity contribution in [3.05, 3.63) is 64.1 Å². The van der Waals surface area contributed by atoms with Crippen molar-refractivity contribution in [1.82, 2.24) is 0 Å². The largest absolute Gasteiger partial charge is 0.329 e. The van der Waals surface area contributed by atoms with Crippen LogP contribution in [-0.4, -0.2) is 25.8 Å². The molecule has 3 atom stereocenters. The zero-order chi connectivity index (χ0) is 16.8. The van der Waals surface area contributed by atoms with Crippen LogP contribution in [0.2, 0.25) is 10.0 Å². The average molecular weight is 371 g/mol. The Kier molecular flexibility index (Phi) is 4.19. The van der Waals surface area contributed by atoms with Crippen molar-refractivity contribution < 1.29 is 8.42 Å². The van der Waals surface area contributed by atoms with Gasteiger partial charge in [-0.05, 0) is 42.0 Å². The highest BCUT2D eigenvalue weighted by molar-refractivity contribution is 7.92. The molecule has 1 aliphatic rings. The third kappa shape index (κ3) is 2.77. The Hall–Kier alpha value is -1.11. The Bertz CT molecular complexity index is 839. The lowest BCUT2D eigenvalue weighted by molar-refractivity contribution is 0.586. The van der Waals surface area contributed by atoms with Gasteiger partial charge in [0.15, 0.2) is 9.84 Å². The summed E-state index contributed by atoms with van der Waals surface area (Å²) in [6, 6.07) is 13.1. The Balaban J connectivity index is 2.03. The van der Waals surface area contributed by atoms with Crippen LogP contribution in [0.4, 0.5) is 0 Å². The summed E-state index contributed by atoms with van der Waals surface area (Å²) in [6.45, 7) is 0.0711. The molecule has 23 heavy (non-hydrogen) atoms. The highest BCUT2D eigenvalue weighted by atomic mass is 35.5. The first-order valence-corrected chi connectivity index (χ1v) is 9.35. The molecule has 4 nitrogen and oxygen atoms in total. The van der Waals surface area contributed by atoms with Crippen molar-refractivity contribution in [1.29, 1.82) is 0 Å². The lowest BCUT2D eigenvalue weighted by Crippen LogP contribution is -2.39. The molecule has 4 N–H and O–H groups in total. The third-order valence-electron chi connectivity index (χ3n) is 4.34. The van der Waals surface area contributed by atoms with Gasteiger partial charge < -0.3 is 11.5 Å². The molecule has 0 aliphatic heterocycles. The van der Waals surface area contributed by atoms with Crippen LogP contribution >= 0.6 is 23.2 Å². The molecule has 0 bridgehead atoms. The van der Waals surface area contributed by atoms with Crippen LogP contribution in [0.15, 0.2) is 53.4 Å². The number of nitrogens with two attached hydrogens (primary N) is 2. The van der Waals surface area contributed by atoms with Gasteiger partial charge in [0.05, 0.1) is 15.7 Å². The van der Waals surface area contributed by atoms with E-state index in [9.17, 15) is 8.42 Å². The summed E-state index contributed by atoms with van der Waals surface area (Å²) in [5.41, 5.74) is 11.9. The molecule has 0 heterocycles. The third-order valence-corrected chi connectivity index (χ3v) is 7.14. The fourth-order valence-corrected chi connectivity index (χ4v) is 5.73. The Morgan fingerprint density at radius 3 is 2.26 bits per heavy atom. The molecule has 0 unspecified atom stereocenters. The number of sulfone groups is 1. The highest BCUT2D eigenvalue weighted by Crippen LogP contribution is 2.55. The van der Waals surface area contributed by atoms with E-state index in [-0.39, 0.29) is 17.4 Å². The van der Waals surface area contributed by atoms with Crippen molar-refractivity contribution >= 4 is 33.0 Å². The standard InChI is InChI=1S/C16H16Cl2N2O2S/c17-11-4-6-13(7-5-11)23(21,22)15-14(16(15,20)9-19)10-2-1-3-12(18)8-10/h1-8,14-15H,9,19-20H2/t14-,15-,16+/m0/s1. The van der Waals surface area contributed by atoms with Gasteiger partial charge in [0.25, 0.3) is 0 Å². The maximum atomic E-state index is 12.9. The Morgan fingerprint density at radius 2 is 1.70 bits per heavy atom. The molecule has 0 aromatic heterocycles. The van der Waals surface area contributed by atoms with Crippen LogP contribution < -0.4 is 11.5 Å². The predicted molar refractivity (Wildman–Crippen MR) is 92.6 cm³/mol. The van der Waals surface area contributed by atoms with E-state index in [0.717, 1.165) is 5.56 Å². The van der Waals surface area contributed by atoms with Crippen molar-refractivity contribution in [2.75, 3.05) is 6.54 Å². The van der Waals surface area contributed by atoms with Gasteiger partial charge in [0.2, 0.25) is 0 Å². The van der Waals surface area contributed by atoms with Crippen LogP contribution in [-0.2, 0) is 9.84 Å². The van der Waals surface area contributed by atoms with Gasteiger partial charge in [-0.25, -0.2) is 8.42 Å². The van der Waals surface area contributed by atoms with Crippen molar-refractivity contribution in [3.8, 4) is 0 Å². The van der Waals surface area contributed by atoms with Gasteiger partial charge in [0, 0.05) is 22.5 Å². The highest BCUT2D eigenvalue weighted by Gasteiger charge is 2.68. The minimum absolute atomic E-state index is 0.0711. The first-order chi connectivity index (χ1) is 10.8. The van der Waals surface area contributed by atoms with E-state index in [1.54, 1.807) is 30.3 Å². The zero-order valence-corrected chi connectivity index (χ0v) is 14.4. The summed E-state index contributed by atoms with van der Waals surface area (Å²) >= 11 is 11.8.